The van der Waals surface area contributed by atoms with E-state index >= 15 is 0 Å². The van der Waals surface area contributed by atoms with E-state index < -0.39 is 22.0 Å². The molecule has 60 valence electrons. The molecule has 0 aromatic carbocycles. The minimum atomic E-state index is -2.56. The second-order valence-electron chi connectivity index (χ2n) is 1.38. The summed E-state index contributed by atoms with van der Waals surface area (Å²) < 4.78 is 24.4. The van der Waals surface area contributed by atoms with Crippen LogP contribution in [0.1, 0.15) is 8.35 Å². The molecule has 1 unspecified atom stereocenters. The van der Waals surface area contributed by atoms with Crippen LogP contribution in [0.5, 0.6) is 0 Å². The van der Waals surface area contributed by atoms with E-state index in [1.54, 1.807) is 6.92 Å². The monoisotopic (exact) mass is 187 g/mol. The van der Waals surface area contributed by atoms with E-state index in [2.05, 4.69) is 11.3 Å². The number of carbonyl (C=O) groups excluding carboxylic acids is 1. The zero-order valence-electron chi connectivity index (χ0n) is 7.46. The summed E-state index contributed by atoms with van der Waals surface area (Å²) in [6.07, 6.45) is 0. The van der Waals surface area contributed by atoms with Crippen molar-refractivity contribution in [3.05, 3.63) is 11.5 Å². The molecule has 0 saturated carbocycles. The first kappa shape index (κ1) is 13.9. The molecule has 4 nitrogen and oxygen atoms in total. The van der Waals surface area contributed by atoms with Gasteiger partial charge in [-0.1, -0.05) is 6.58 Å². The van der Waals surface area contributed by atoms with Crippen molar-refractivity contribution in [1.82, 2.24) is 0 Å². The SMILES string of the molecule is C=C(C(=O)OCC)S(=O)[O-].[H-].[Na+]. The van der Waals surface area contributed by atoms with Gasteiger partial charge in [0, 0.05) is 0 Å². The number of hydrogen-bond acceptors (Lipinski definition) is 4. The van der Waals surface area contributed by atoms with E-state index in [4.69, 9.17) is 0 Å². The van der Waals surface area contributed by atoms with Crippen LogP contribution < -0.4 is 29.6 Å². The van der Waals surface area contributed by atoms with Crippen LogP contribution >= 0.6 is 0 Å². The maximum atomic E-state index is 10.5. The first-order chi connectivity index (χ1) is 4.59. The predicted molar refractivity (Wildman–Crippen MR) is 35.8 cm³/mol. The summed E-state index contributed by atoms with van der Waals surface area (Å²) in [7, 11) is 0. The zero-order valence-corrected chi connectivity index (χ0v) is 9.27. The zero-order chi connectivity index (χ0) is 8.15. The Morgan fingerprint density at radius 1 is 1.82 bits per heavy atom. The first-order valence-corrected chi connectivity index (χ1v) is 3.62. The van der Waals surface area contributed by atoms with Gasteiger partial charge in [-0.15, -0.1) is 0 Å². The normalized spacial score (nSPS) is 11.1. The van der Waals surface area contributed by atoms with Crippen LogP contribution in [0.2, 0.25) is 0 Å². The fourth-order valence-corrected chi connectivity index (χ4v) is 0.475. The largest absolute Gasteiger partial charge is 1.00 e. The van der Waals surface area contributed by atoms with Crippen LogP contribution in [0, 0.1) is 0 Å². The molecule has 0 heterocycles. The van der Waals surface area contributed by atoms with Gasteiger partial charge in [0.2, 0.25) is 0 Å². The summed E-state index contributed by atoms with van der Waals surface area (Å²) in [5.74, 6) is -0.893. The van der Waals surface area contributed by atoms with Gasteiger partial charge in [-0.05, 0) is 18.0 Å². The van der Waals surface area contributed by atoms with E-state index in [-0.39, 0.29) is 37.6 Å². The Kier molecular flexibility index (Phi) is 8.83. The average Bonchev–Trinajstić information content (AvgIpc) is 1.87. The van der Waals surface area contributed by atoms with Crippen molar-refractivity contribution in [2.45, 2.75) is 6.92 Å². The maximum Gasteiger partial charge on any atom is 1.00 e. The van der Waals surface area contributed by atoms with Gasteiger partial charge < -0.3 is 10.7 Å². The standard InChI is InChI=1S/C5H8O4S.Na.H/c1-3-9-5(6)4(2)10(7)8;;/h2-3H2,1H3,(H,7,8);;/q;+1;-1/p-1. The van der Waals surface area contributed by atoms with Crippen molar-refractivity contribution in [2.75, 3.05) is 6.61 Å². The van der Waals surface area contributed by atoms with Crippen molar-refractivity contribution < 1.29 is 49.3 Å². The Balaban J connectivity index is -0.000000405. The van der Waals surface area contributed by atoms with Gasteiger partial charge in [-0.25, -0.2) is 4.79 Å². The van der Waals surface area contributed by atoms with Crippen molar-refractivity contribution in [2.24, 2.45) is 0 Å². The molecule has 11 heavy (non-hydrogen) atoms. The first-order valence-electron chi connectivity index (χ1n) is 2.55. The van der Waals surface area contributed by atoms with Crippen LogP contribution in [0.4, 0.5) is 0 Å². The molecule has 0 saturated heterocycles. The maximum absolute atomic E-state index is 10.5. The van der Waals surface area contributed by atoms with Gasteiger partial charge in [-0.2, -0.15) is 0 Å². The van der Waals surface area contributed by atoms with E-state index in [1.807, 2.05) is 0 Å². The summed E-state index contributed by atoms with van der Waals surface area (Å²) in [6.45, 7) is 4.72. The van der Waals surface area contributed by atoms with Gasteiger partial charge in [0.1, 0.15) is 4.91 Å². The topological polar surface area (TPSA) is 66.4 Å². The summed E-state index contributed by atoms with van der Waals surface area (Å²) >= 11 is -2.56. The van der Waals surface area contributed by atoms with Crippen molar-refractivity contribution in [3.8, 4) is 0 Å². The number of ether oxygens (including phenoxy) is 1. The fraction of sp³-hybridized carbons (Fsp3) is 0.400. The Bertz CT molecular complexity index is 184. The molecule has 0 aliphatic heterocycles. The van der Waals surface area contributed by atoms with Gasteiger partial charge >= 0.3 is 35.5 Å². The third kappa shape index (κ3) is 5.57. The summed E-state index contributed by atoms with van der Waals surface area (Å²) in [6, 6.07) is 0. The fourth-order valence-electron chi connectivity index (χ4n) is 0.280. The van der Waals surface area contributed by atoms with Crippen molar-refractivity contribution in [3.63, 3.8) is 0 Å². The quantitative estimate of drug-likeness (QED) is 0.205. The minimum Gasteiger partial charge on any atom is -1.00 e. The van der Waals surface area contributed by atoms with Crippen LogP contribution in [0.3, 0.4) is 0 Å². The third-order valence-electron chi connectivity index (χ3n) is 0.704. The molecule has 0 aromatic heterocycles. The minimum absolute atomic E-state index is 0. The molecular formula is C5H8NaO4S-. The molecule has 6 heteroatoms. The molecule has 0 aromatic rings. The molecule has 0 radical (unpaired) electrons. The second kappa shape index (κ2) is 7.00. The molecule has 0 N–H and O–H groups in total. The number of rotatable bonds is 3. The van der Waals surface area contributed by atoms with Crippen molar-refractivity contribution in [1.29, 1.82) is 0 Å². The smallest absolute Gasteiger partial charge is 1.00 e. The number of esters is 1. The number of hydrogen-bond donors (Lipinski definition) is 0. The molecule has 0 spiro atoms. The van der Waals surface area contributed by atoms with Gasteiger partial charge in [0.15, 0.2) is 0 Å². The Morgan fingerprint density at radius 3 is 2.55 bits per heavy atom. The molecule has 0 aliphatic rings. The van der Waals surface area contributed by atoms with Gasteiger partial charge in [-0.3, -0.25) is 4.21 Å². The summed E-state index contributed by atoms with van der Waals surface area (Å²) in [5.41, 5.74) is 0. The average molecular weight is 187 g/mol. The number of carbonyl (C=O) groups is 1. The molecule has 0 fully saturated rings. The third-order valence-corrected chi connectivity index (χ3v) is 1.27. The van der Waals surface area contributed by atoms with Gasteiger partial charge in [0.05, 0.1) is 6.61 Å². The van der Waals surface area contributed by atoms with Crippen LogP contribution in [-0.2, 0) is 20.6 Å². The molecule has 1 atom stereocenters. The molecule has 0 aliphatic carbocycles. The molecular weight excluding hydrogens is 179 g/mol. The summed E-state index contributed by atoms with van der Waals surface area (Å²) in [5, 5.41) is 0. The van der Waals surface area contributed by atoms with E-state index in [0.29, 0.717) is 0 Å². The van der Waals surface area contributed by atoms with E-state index in [9.17, 15) is 13.6 Å². The van der Waals surface area contributed by atoms with E-state index in [1.165, 1.54) is 0 Å². The van der Waals surface area contributed by atoms with Crippen LogP contribution in [-0.4, -0.2) is 21.3 Å². The summed E-state index contributed by atoms with van der Waals surface area (Å²) in [4.78, 5) is 9.93. The predicted octanol–water partition coefficient (Wildman–Crippen LogP) is -2.94. The van der Waals surface area contributed by atoms with Crippen LogP contribution in [0.25, 0.3) is 0 Å². The van der Waals surface area contributed by atoms with E-state index in [0.717, 1.165) is 0 Å². The van der Waals surface area contributed by atoms with Gasteiger partial charge in [0.25, 0.3) is 0 Å². The second-order valence-corrected chi connectivity index (χ2v) is 2.34. The molecule has 0 bridgehead atoms. The van der Waals surface area contributed by atoms with Crippen LogP contribution in [0.15, 0.2) is 11.5 Å². The Labute approximate surface area is 91.1 Å². The Morgan fingerprint density at radius 2 is 2.27 bits per heavy atom. The van der Waals surface area contributed by atoms with Crippen molar-refractivity contribution >= 4 is 17.0 Å². The molecule has 0 amide bonds. The Hall–Kier alpha value is 0.320. The molecule has 0 rings (SSSR count).